The molecule has 0 spiro atoms. The van der Waals surface area contributed by atoms with E-state index in [0.29, 0.717) is 19.7 Å². The van der Waals surface area contributed by atoms with Crippen molar-refractivity contribution in [2.75, 3.05) is 5.32 Å². The van der Waals surface area contributed by atoms with Crippen LogP contribution in [-0.4, -0.2) is 11.8 Å². The van der Waals surface area contributed by atoms with E-state index in [4.69, 9.17) is 5.73 Å². The number of thiophene rings is 1. The number of nitrogens with two attached hydrogens (primary N) is 1. The molecule has 7 heteroatoms. The monoisotopic (exact) mass is 480 g/mol. The minimum Gasteiger partial charge on any atom is -0.365 e. The maximum Gasteiger partial charge on any atom is 0.257 e. The van der Waals surface area contributed by atoms with E-state index in [0.717, 1.165) is 10.4 Å². The number of amides is 2. The Morgan fingerprint density at radius 1 is 1.15 bits per heavy atom. The molecule has 0 aliphatic carbocycles. The van der Waals surface area contributed by atoms with Crippen molar-refractivity contribution in [3.05, 3.63) is 73.9 Å². The molecule has 0 aliphatic heterocycles. The van der Waals surface area contributed by atoms with Crippen molar-refractivity contribution in [1.82, 2.24) is 0 Å². The highest BCUT2D eigenvalue weighted by atomic mass is 127. The molecule has 0 saturated heterocycles. The summed E-state index contributed by atoms with van der Waals surface area (Å²) in [6.45, 7) is 1.87. The van der Waals surface area contributed by atoms with Gasteiger partial charge in [-0.15, -0.1) is 11.3 Å². The van der Waals surface area contributed by atoms with Crippen LogP contribution < -0.4 is 11.1 Å². The average Bonchev–Trinajstić information content (AvgIpc) is 2.91. The van der Waals surface area contributed by atoms with Gasteiger partial charge in [-0.05, 0) is 53.3 Å². The molecule has 0 saturated carbocycles. The Kier molecular flexibility index (Phi) is 5.38. The van der Waals surface area contributed by atoms with Crippen LogP contribution in [0.2, 0.25) is 0 Å². The van der Waals surface area contributed by atoms with E-state index in [1.165, 1.54) is 29.5 Å². The molecular weight excluding hydrogens is 466 g/mol. The van der Waals surface area contributed by atoms with Crippen LogP contribution in [-0.2, 0) is 0 Å². The van der Waals surface area contributed by atoms with Crippen molar-refractivity contribution in [2.24, 2.45) is 5.73 Å². The molecule has 3 rings (SSSR count). The van der Waals surface area contributed by atoms with Crippen LogP contribution in [0.1, 0.15) is 25.6 Å². The van der Waals surface area contributed by atoms with Gasteiger partial charge in [-0.3, -0.25) is 9.59 Å². The number of aryl methyl sites for hydroxylation is 1. The first-order valence-corrected chi connectivity index (χ1v) is 9.53. The van der Waals surface area contributed by atoms with Gasteiger partial charge in [0.05, 0.1) is 11.1 Å². The smallest absolute Gasteiger partial charge is 0.257 e. The van der Waals surface area contributed by atoms with Crippen molar-refractivity contribution >= 4 is 50.7 Å². The Morgan fingerprint density at radius 3 is 2.46 bits per heavy atom. The van der Waals surface area contributed by atoms with Gasteiger partial charge in [0.1, 0.15) is 10.8 Å². The second-order valence-electron chi connectivity index (χ2n) is 5.55. The zero-order valence-corrected chi connectivity index (χ0v) is 16.7. The highest BCUT2D eigenvalue weighted by Gasteiger charge is 2.23. The number of benzene rings is 2. The lowest BCUT2D eigenvalue weighted by Gasteiger charge is -2.08. The van der Waals surface area contributed by atoms with E-state index < -0.39 is 17.6 Å². The first-order valence-electron chi connectivity index (χ1n) is 7.63. The molecule has 0 fully saturated rings. The standard InChI is InChI=1S/C19H14FIN2O2S/c1-10-15(11-5-3-2-4-6-11)16(17(22)24)19(26-10)23-18(25)13-8-7-12(20)9-14(13)21/h2-9H,1H3,(H2,22,24)(H,23,25). The predicted octanol–water partition coefficient (Wildman–Crippen LogP) is 4.82. The first-order chi connectivity index (χ1) is 12.4. The molecule has 26 heavy (non-hydrogen) atoms. The number of carbonyl (C=O) groups excluding carboxylic acids is 2. The molecule has 132 valence electrons. The molecule has 2 amide bonds. The van der Waals surface area contributed by atoms with E-state index in [2.05, 4.69) is 5.32 Å². The maximum atomic E-state index is 13.3. The molecule has 0 unspecified atom stereocenters. The van der Waals surface area contributed by atoms with E-state index in [9.17, 15) is 14.0 Å². The van der Waals surface area contributed by atoms with Crippen LogP contribution >= 0.6 is 33.9 Å². The second kappa shape index (κ2) is 7.55. The maximum absolute atomic E-state index is 13.3. The van der Waals surface area contributed by atoms with Gasteiger partial charge in [0, 0.05) is 14.0 Å². The number of primary amides is 1. The molecule has 0 aliphatic rings. The number of rotatable bonds is 4. The summed E-state index contributed by atoms with van der Waals surface area (Å²) in [5.74, 6) is -1.45. The zero-order chi connectivity index (χ0) is 18.8. The minimum absolute atomic E-state index is 0.282. The summed E-state index contributed by atoms with van der Waals surface area (Å²) < 4.78 is 13.7. The van der Waals surface area contributed by atoms with Gasteiger partial charge in [-0.25, -0.2) is 4.39 Å². The Morgan fingerprint density at radius 2 is 1.85 bits per heavy atom. The molecular formula is C19H14FIN2O2S. The summed E-state index contributed by atoms with van der Waals surface area (Å²) in [6, 6.07) is 13.3. The van der Waals surface area contributed by atoms with Gasteiger partial charge < -0.3 is 11.1 Å². The summed E-state index contributed by atoms with van der Waals surface area (Å²) in [5, 5.41) is 3.14. The highest BCUT2D eigenvalue weighted by molar-refractivity contribution is 14.1. The van der Waals surface area contributed by atoms with Crippen LogP contribution in [0.15, 0.2) is 48.5 Å². The van der Waals surface area contributed by atoms with E-state index in [1.807, 2.05) is 59.8 Å². The summed E-state index contributed by atoms with van der Waals surface area (Å²) in [7, 11) is 0. The SMILES string of the molecule is Cc1sc(NC(=O)c2ccc(F)cc2I)c(C(N)=O)c1-c1ccccc1. The minimum atomic E-state index is -0.614. The van der Waals surface area contributed by atoms with Crippen molar-refractivity contribution in [3.8, 4) is 11.1 Å². The van der Waals surface area contributed by atoms with Gasteiger partial charge in [0.15, 0.2) is 0 Å². The molecule has 3 aromatic rings. The molecule has 0 radical (unpaired) electrons. The fourth-order valence-electron chi connectivity index (χ4n) is 2.66. The summed E-state index contributed by atoms with van der Waals surface area (Å²) in [6.07, 6.45) is 0. The largest absolute Gasteiger partial charge is 0.365 e. The molecule has 1 aromatic heterocycles. The number of hydrogen-bond donors (Lipinski definition) is 2. The van der Waals surface area contributed by atoms with E-state index in [1.54, 1.807) is 0 Å². The Labute approximate surface area is 167 Å². The summed E-state index contributed by atoms with van der Waals surface area (Å²) >= 11 is 3.19. The van der Waals surface area contributed by atoms with Gasteiger partial charge in [-0.2, -0.15) is 0 Å². The third-order valence-corrected chi connectivity index (χ3v) is 5.71. The van der Waals surface area contributed by atoms with Gasteiger partial charge in [-0.1, -0.05) is 30.3 Å². The molecule has 0 bridgehead atoms. The summed E-state index contributed by atoms with van der Waals surface area (Å²) in [5.41, 5.74) is 7.77. The fraction of sp³-hybridized carbons (Fsp3) is 0.0526. The quantitative estimate of drug-likeness (QED) is 0.526. The van der Waals surface area contributed by atoms with Crippen LogP contribution in [0, 0.1) is 16.3 Å². The lowest BCUT2D eigenvalue weighted by molar-refractivity contribution is 0.100. The Bertz CT molecular complexity index is 1000. The van der Waals surface area contributed by atoms with Gasteiger partial charge >= 0.3 is 0 Å². The normalized spacial score (nSPS) is 10.6. The second-order valence-corrected chi connectivity index (χ2v) is 7.93. The molecule has 2 aromatic carbocycles. The third kappa shape index (κ3) is 3.63. The van der Waals surface area contributed by atoms with E-state index in [-0.39, 0.29) is 5.56 Å². The molecule has 1 heterocycles. The lowest BCUT2D eigenvalue weighted by Crippen LogP contribution is -2.18. The number of anilines is 1. The van der Waals surface area contributed by atoms with Crippen LogP contribution in [0.5, 0.6) is 0 Å². The topological polar surface area (TPSA) is 72.2 Å². The first kappa shape index (κ1) is 18.5. The van der Waals surface area contributed by atoms with Crippen molar-refractivity contribution in [3.63, 3.8) is 0 Å². The number of hydrogen-bond acceptors (Lipinski definition) is 3. The highest BCUT2D eigenvalue weighted by Crippen LogP contribution is 2.39. The number of halogens is 2. The molecule has 0 atom stereocenters. The number of nitrogens with one attached hydrogen (secondary N) is 1. The molecule has 4 nitrogen and oxygen atoms in total. The van der Waals surface area contributed by atoms with Crippen molar-refractivity contribution < 1.29 is 14.0 Å². The van der Waals surface area contributed by atoms with Crippen LogP contribution in [0.4, 0.5) is 9.39 Å². The van der Waals surface area contributed by atoms with Gasteiger partial charge in [0.2, 0.25) is 0 Å². The average molecular weight is 480 g/mol. The van der Waals surface area contributed by atoms with Crippen molar-refractivity contribution in [1.29, 1.82) is 0 Å². The van der Waals surface area contributed by atoms with Crippen LogP contribution in [0.25, 0.3) is 11.1 Å². The fourth-order valence-corrected chi connectivity index (χ4v) is 4.46. The zero-order valence-electron chi connectivity index (χ0n) is 13.7. The summed E-state index contributed by atoms with van der Waals surface area (Å²) in [4.78, 5) is 25.5. The molecule has 3 N–H and O–H groups in total. The van der Waals surface area contributed by atoms with Crippen LogP contribution in [0.3, 0.4) is 0 Å². The number of carbonyl (C=O) groups is 2. The lowest BCUT2D eigenvalue weighted by atomic mass is 10.0. The predicted molar refractivity (Wildman–Crippen MR) is 110 cm³/mol. The Balaban J connectivity index is 2.03. The third-order valence-electron chi connectivity index (χ3n) is 3.80. The van der Waals surface area contributed by atoms with E-state index >= 15 is 0 Å². The Hall–Kier alpha value is -2.26. The van der Waals surface area contributed by atoms with Crippen molar-refractivity contribution in [2.45, 2.75) is 6.92 Å². The van der Waals surface area contributed by atoms with Gasteiger partial charge in [0.25, 0.3) is 11.8 Å².